The normalized spacial score (nSPS) is 15.3. The van der Waals surface area contributed by atoms with Crippen LogP contribution in [0.1, 0.15) is 24.5 Å². The van der Waals surface area contributed by atoms with Crippen LogP contribution < -0.4 is 10.2 Å². The molecule has 1 fully saturated rings. The largest absolute Gasteiger partial charge is 0.387 e. The smallest absolute Gasteiger partial charge is 0.292 e. The van der Waals surface area contributed by atoms with Crippen molar-refractivity contribution in [2.75, 3.05) is 29.9 Å². The van der Waals surface area contributed by atoms with E-state index in [4.69, 9.17) is 0 Å². The minimum Gasteiger partial charge on any atom is -0.387 e. The van der Waals surface area contributed by atoms with Crippen LogP contribution in [0.15, 0.2) is 48.5 Å². The Kier molecular flexibility index (Phi) is 4.96. The van der Waals surface area contributed by atoms with Gasteiger partial charge in [-0.15, -0.1) is 0 Å². The number of aliphatic hydroxyl groups is 1. The molecule has 2 aromatic rings. The first-order chi connectivity index (χ1) is 11.6. The summed E-state index contributed by atoms with van der Waals surface area (Å²) in [5, 5.41) is 24.5. The van der Waals surface area contributed by atoms with Crippen LogP contribution in [-0.4, -0.2) is 29.7 Å². The summed E-state index contributed by atoms with van der Waals surface area (Å²) in [7, 11) is 0. The summed E-state index contributed by atoms with van der Waals surface area (Å²) >= 11 is 0. The molecule has 0 aromatic heterocycles. The molecule has 0 radical (unpaired) electrons. The molecule has 0 aliphatic carbocycles. The molecule has 1 saturated heterocycles. The van der Waals surface area contributed by atoms with Gasteiger partial charge in [0.05, 0.1) is 11.0 Å². The summed E-state index contributed by atoms with van der Waals surface area (Å²) in [5.41, 5.74) is 2.23. The van der Waals surface area contributed by atoms with Gasteiger partial charge in [-0.25, -0.2) is 0 Å². The summed E-state index contributed by atoms with van der Waals surface area (Å²) < 4.78 is 0. The van der Waals surface area contributed by atoms with Gasteiger partial charge < -0.3 is 15.3 Å². The first-order valence-electron chi connectivity index (χ1n) is 8.15. The molecule has 1 heterocycles. The predicted molar refractivity (Wildman–Crippen MR) is 94.4 cm³/mol. The van der Waals surface area contributed by atoms with Gasteiger partial charge in [-0.05, 0) is 30.5 Å². The lowest BCUT2D eigenvalue weighted by Gasteiger charge is -2.19. The maximum Gasteiger partial charge on any atom is 0.292 e. The monoisotopic (exact) mass is 327 g/mol. The molecule has 6 heteroatoms. The molecule has 0 bridgehead atoms. The average Bonchev–Trinajstić information content (AvgIpc) is 3.14. The van der Waals surface area contributed by atoms with Gasteiger partial charge in [0.1, 0.15) is 5.69 Å². The summed E-state index contributed by atoms with van der Waals surface area (Å²) in [5.74, 6) is 0. The third kappa shape index (κ3) is 3.65. The van der Waals surface area contributed by atoms with Crippen molar-refractivity contribution in [3.8, 4) is 0 Å². The third-order valence-electron chi connectivity index (χ3n) is 4.32. The minimum absolute atomic E-state index is 0.0261. The number of nitro groups is 1. The fourth-order valence-corrected chi connectivity index (χ4v) is 3.00. The van der Waals surface area contributed by atoms with Crippen molar-refractivity contribution in [3.63, 3.8) is 0 Å². The highest BCUT2D eigenvalue weighted by molar-refractivity contribution is 5.69. The molecule has 24 heavy (non-hydrogen) atoms. The van der Waals surface area contributed by atoms with E-state index in [-0.39, 0.29) is 12.2 Å². The highest BCUT2D eigenvalue weighted by Crippen LogP contribution is 2.31. The van der Waals surface area contributed by atoms with Crippen molar-refractivity contribution in [2.24, 2.45) is 0 Å². The Morgan fingerprint density at radius 3 is 2.54 bits per heavy atom. The molecule has 6 nitrogen and oxygen atoms in total. The van der Waals surface area contributed by atoms with Crippen LogP contribution >= 0.6 is 0 Å². The summed E-state index contributed by atoms with van der Waals surface area (Å²) in [6, 6.07) is 14.4. The van der Waals surface area contributed by atoms with E-state index in [1.165, 1.54) is 6.07 Å². The molecule has 0 spiro atoms. The van der Waals surface area contributed by atoms with Gasteiger partial charge in [0.2, 0.25) is 0 Å². The highest BCUT2D eigenvalue weighted by atomic mass is 16.6. The molecule has 1 aliphatic heterocycles. The SMILES string of the molecule is O=[N+]([O-])c1ccc(N2CCCC2)cc1NC[C@@H](O)c1ccccc1. The molecule has 3 rings (SSSR count). The summed E-state index contributed by atoms with van der Waals surface area (Å²) in [6.07, 6.45) is 1.57. The number of hydrogen-bond acceptors (Lipinski definition) is 5. The second-order valence-electron chi connectivity index (χ2n) is 5.96. The topological polar surface area (TPSA) is 78.6 Å². The zero-order valence-corrected chi connectivity index (χ0v) is 13.4. The predicted octanol–water partition coefficient (Wildman–Crippen LogP) is 3.34. The maximum atomic E-state index is 11.3. The van der Waals surface area contributed by atoms with Crippen LogP contribution in [0.2, 0.25) is 0 Å². The van der Waals surface area contributed by atoms with E-state index < -0.39 is 11.0 Å². The lowest BCUT2D eigenvalue weighted by Crippen LogP contribution is -2.18. The molecule has 2 N–H and O–H groups in total. The molecule has 2 aromatic carbocycles. The van der Waals surface area contributed by atoms with Crippen molar-refractivity contribution < 1.29 is 10.0 Å². The van der Waals surface area contributed by atoms with E-state index in [9.17, 15) is 15.2 Å². The van der Waals surface area contributed by atoms with Gasteiger partial charge in [-0.2, -0.15) is 0 Å². The van der Waals surface area contributed by atoms with E-state index in [0.29, 0.717) is 5.69 Å². The quantitative estimate of drug-likeness (QED) is 0.628. The Hall–Kier alpha value is -2.60. The molecule has 1 atom stereocenters. The average molecular weight is 327 g/mol. The maximum absolute atomic E-state index is 11.3. The van der Waals surface area contributed by atoms with E-state index in [1.807, 2.05) is 30.3 Å². The molecule has 0 saturated carbocycles. The van der Waals surface area contributed by atoms with Crippen LogP contribution in [0.4, 0.5) is 17.1 Å². The van der Waals surface area contributed by atoms with Gasteiger partial charge in [0.15, 0.2) is 0 Å². The van der Waals surface area contributed by atoms with Gasteiger partial charge in [-0.3, -0.25) is 10.1 Å². The lowest BCUT2D eigenvalue weighted by atomic mass is 10.1. The lowest BCUT2D eigenvalue weighted by molar-refractivity contribution is -0.383. The number of nitrogens with one attached hydrogen (secondary N) is 1. The highest BCUT2D eigenvalue weighted by Gasteiger charge is 2.19. The minimum atomic E-state index is -0.721. The number of rotatable bonds is 6. The van der Waals surface area contributed by atoms with E-state index in [2.05, 4.69) is 10.2 Å². The number of nitro benzene ring substituents is 1. The zero-order chi connectivity index (χ0) is 16.9. The number of aliphatic hydroxyl groups excluding tert-OH is 1. The Morgan fingerprint density at radius 2 is 1.88 bits per heavy atom. The standard InChI is InChI=1S/C18H21N3O3/c22-18(14-6-2-1-3-7-14)13-19-16-12-15(20-10-4-5-11-20)8-9-17(16)21(23)24/h1-3,6-9,12,18-19,22H,4-5,10-11,13H2/t18-/m1/s1. The number of benzene rings is 2. The Balaban J connectivity index is 1.77. The second-order valence-corrected chi connectivity index (χ2v) is 5.96. The first-order valence-corrected chi connectivity index (χ1v) is 8.15. The van der Waals surface area contributed by atoms with Crippen LogP contribution in [0.5, 0.6) is 0 Å². The second kappa shape index (κ2) is 7.31. The summed E-state index contributed by atoms with van der Waals surface area (Å²) in [4.78, 5) is 13.1. The number of hydrogen-bond donors (Lipinski definition) is 2. The van der Waals surface area contributed by atoms with Crippen molar-refractivity contribution in [1.82, 2.24) is 0 Å². The van der Waals surface area contributed by atoms with Gasteiger partial charge in [-0.1, -0.05) is 30.3 Å². The number of nitrogens with zero attached hydrogens (tertiary/aromatic N) is 2. The van der Waals surface area contributed by atoms with Gasteiger partial charge in [0, 0.05) is 31.4 Å². The third-order valence-corrected chi connectivity index (χ3v) is 4.32. The number of anilines is 2. The Morgan fingerprint density at radius 1 is 1.17 bits per heavy atom. The van der Waals surface area contributed by atoms with Gasteiger partial charge in [0.25, 0.3) is 5.69 Å². The van der Waals surface area contributed by atoms with E-state index in [1.54, 1.807) is 12.1 Å². The molecule has 126 valence electrons. The Labute approximate surface area is 140 Å². The fraction of sp³-hybridized carbons (Fsp3) is 0.333. The van der Waals surface area contributed by atoms with Crippen LogP contribution in [0.25, 0.3) is 0 Å². The van der Waals surface area contributed by atoms with Crippen molar-refractivity contribution in [2.45, 2.75) is 18.9 Å². The Bertz CT molecular complexity index is 700. The van der Waals surface area contributed by atoms with Crippen LogP contribution in [0.3, 0.4) is 0 Å². The molecular formula is C18H21N3O3. The zero-order valence-electron chi connectivity index (χ0n) is 13.4. The molecule has 0 unspecified atom stereocenters. The molecule has 0 amide bonds. The van der Waals surface area contributed by atoms with E-state index >= 15 is 0 Å². The van der Waals surface area contributed by atoms with Crippen molar-refractivity contribution >= 4 is 17.1 Å². The van der Waals surface area contributed by atoms with Crippen molar-refractivity contribution in [3.05, 3.63) is 64.2 Å². The van der Waals surface area contributed by atoms with Crippen LogP contribution in [-0.2, 0) is 0 Å². The fourth-order valence-electron chi connectivity index (χ4n) is 3.00. The van der Waals surface area contributed by atoms with Crippen molar-refractivity contribution in [1.29, 1.82) is 0 Å². The van der Waals surface area contributed by atoms with Crippen LogP contribution in [0, 0.1) is 10.1 Å². The summed E-state index contributed by atoms with van der Waals surface area (Å²) in [6.45, 7) is 2.17. The molecular weight excluding hydrogens is 306 g/mol. The molecule has 1 aliphatic rings. The first kappa shape index (κ1) is 16.3. The van der Waals surface area contributed by atoms with E-state index in [0.717, 1.165) is 37.2 Å². The van der Waals surface area contributed by atoms with Gasteiger partial charge >= 0.3 is 0 Å².